The highest BCUT2D eigenvalue weighted by atomic mass is 32.2. The van der Waals surface area contributed by atoms with Gasteiger partial charge in [-0.2, -0.15) is 0 Å². The average molecular weight is 272 g/mol. The van der Waals surface area contributed by atoms with Crippen LogP contribution in [0.2, 0.25) is 0 Å². The van der Waals surface area contributed by atoms with Crippen LogP contribution in [0.4, 0.5) is 0 Å². The number of thioether (sulfide) groups is 1. The summed E-state index contributed by atoms with van der Waals surface area (Å²) in [6.45, 7) is 0. The van der Waals surface area contributed by atoms with Crippen molar-refractivity contribution in [3.05, 3.63) is 53.9 Å². The number of rotatable bonds is 3. The van der Waals surface area contributed by atoms with E-state index in [1.807, 2.05) is 23.9 Å². The number of benzene rings is 1. The molecule has 0 bridgehead atoms. The van der Waals surface area contributed by atoms with Gasteiger partial charge in [0.15, 0.2) is 0 Å². The first kappa shape index (κ1) is 12.5. The van der Waals surface area contributed by atoms with Gasteiger partial charge in [0.05, 0.1) is 18.8 Å². The number of methoxy groups -OCH3 is 1. The molecule has 0 fully saturated rings. The van der Waals surface area contributed by atoms with E-state index >= 15 is 0 Å². The van der Waals surface area contributed by atoms with Gasteiger partial charge >= 0.3 is 0 Å². The van der Waals surface area contributed by atoms with Crippen molar-refractivity contribution in [1.82, 2.24) is 4.98 Å². The fraction of sp³-hybridized carbons (Fsp3) is 0.267. The van der Waals surface area contributed by atoms with Crippen LogP contribution in [0.1, 0.15) is 23.2 Å². The maximum absolute atomic E-state index is 6.44. The second kappa shape index (κ2) is 5.23. The lowest BCUT2D eigenvalue weighted by Crippen LogP contribution is -2.21. The molecule has 0 saturated heterocycles. The van der Waals surface area contributed by atoms with Crippen LogP contribution in [0.25, 0.3) is 0 Å². The number of aromatic nitrogens is 1. The molecule has 3 nitrogen and oxygen atoms in total. The van der Waals surface area contributed by atoms with E-state index in [2.05, 4.69) is 29.2 Å². The number of nitrogens with two attached hydrogens (primary N) is 1. The molecule has 4 heteroatoms. The van der Waals surface area contributed by atoms with E-state index in [1.165, 1.54) is 10.5 Å². The van der Waals surface area contributed by atoms with Gasteiger partial charge in [-0.05, 0) is 23.8 Å². The van der Waals surface area contributed by atoms with Crippen LogP contribution in [0.5, 0.6) is 5.75 Å². The van der Waals surface area contributed by atoms with E-state index in [1.54, 1.807) is 13.3 Å². The Kier molecular flexibility index (Phi) is 3.44. The summed E-state index contributed by atoms with van der Waals surface area (Å²) in [6.07, 6.45) is 1.77. The Morgan fingerprint density at radius 2 is 2.16 bits per heavy atom. The van der Waals surface area contributed by atoms with Crippen LogP contribution in [-0.4, -0.2) is 17.8 Å². The Balaban J connectivity index is 1.95. The summed E-state index contributed by atoms with van der Waals surface area (Å²) in [6, 6.07) is 12.1. The zero-order valence-electron chi connectivity index (χ0n) is 10.7. The molecule has 2 N–H and O–H groups in total. The highest BCUT2D eigenvalue weighted by Crippen LogP contribution is 2.45. The number of hydrogen-bond donors (Lipinski definition) is 1. The van der Waals surface area contributed by atoms with Crippen LogP contribution in [-0.2, 0) is 0 Å². The molecule has 0 saturated carbocycles. The fourth-order valence-corrected chi connectivity index (χ4v) is 3.81. The minimum atomic E-state index is -0.132. The molecule has 1 aliphatic heterocycles. The summed E-state index contributed by atoms with van der Waals surface area (Å²) in [4.78, 5) is 5.74. The van der Waals surface area contributed by atoms with Crippen molar-refractivity contribution < 1.29 is 4.74 Å². The number of nitrogens with zero attached hydrogens (tertiary/aromatic N) is 1. The number of ether oxygens (including phenoxy) is 1. The molecular formula is C15H16N2OS. The topological polar surface area (TPSA) is 48.1 Å². The predicted octanol–water partition coefficient (Wildman–Crippen LogP) is 2.98. The smallest absolute Gasteiger partial charge is 0.141 e. The van der Waals surface area contributed by atoms with Crippen molar-refractivity contribution >= 4 is 11.8 Å². The van der Waals surface area contributed by atoms with Gasteiger partial charge in [0.1, 0.15) is 5.75 Å². The van der Waals surface area contributed by atoms with Crippen molar-refractivity contribution in [3.8, 4) is 5.75 Å². The Morgan fingerprint density at radius 1 is 1.32 bits per heavy atom. The molecular weight excluding hydrogens is 256 g/mol. The van der Waals surface area contributed by atoms with Gasteiger partial charge in [-0.25, -0.2) is 0 Å². The first-order valence-corrected chi connectivity index (χ1v) is 7.26. The molecule has 1 aromatic carbocycles. The lowest BCUT2D eigenvalue weighted by Gasteiger charge is -2.20. The van der Waals surface area contributed by atoms with Crippen LogP contribution in [0.3, 0.4) is 0 Å². The highest BCUT2D eigenvalue weighted by Gasteiger charge is 2.31. The van der Waals surface area contributed by atoms with Gasteiger partial charge in [-0.1, -0.05) is 18.2 Å². The lowest BCUT2D eigenvalue weighted by molar-refractivity contribution is 0.398. The van der Waals surface area contributed by atoms with E-state index in [9.17, 15) is 0 Å². The Labute approximate surface area is 117 Å². The van der Waals surface area contributed by atoms with Gasteiger partial charge in [0.25, 0.3) is 0 Å². The van der Waals surface area contributed by atoms with Crippen molar-refractivity contribution in [2.75, 3.05) is 12.9 Å². The van der Waals surface area contributed by atoms with E-state index in [4.69, 9.17) is 10.5 Å². The lowest BCUT2D eigenvalue weighted by atomic mass is 9.91. The molecule has 3 rings (SSSR count). The SMILES string of the molecule is COc1cccnc1C(N)C1CSc2ccccc21. The molecule has 2 unspecified atom stereocenters. The molecule has 0 amide bonds. The van der Waals surface area contributed by atoms with Gasteiger partial charge in [0.2, 0.25) is 0 Å². The van der Waals surface area contributed by atoms with Crippen molar-refractivity contribution in [2.45, 2.75) is 16.9 Å². The second-order valence-corrected chi connectivity index (χ2v) is 5.63. The second-order valence-electron chi connectivity index (χ2n) is 4.57. The molecule has 1 aromatic heterocycles. The van der Waals surface area contributed by atoms with Gasteiger partial charge < -0.3 is 10.5 Å². The minimum absolute atomic E-state index is 0.132. The summed E-state index contributed by atoms with van der Waals surface area (Å²) in [5.41, 5.74) is 8.60. The summed E-state index contributed by atoms with van der Waals surface area (Å²) in [7, 11) is 1.66. The van der Waals surface area contributed by atoms with E-state index < -0.39 is 0 Å². The largest absolute Gasteiger partial charge is 0.495 e. The van der Waals surface area contributed by atoms with Crippen molar-refractivity contribution in [3.63, 3.8) is 0 Å². The summed E-state index contributed by atoms with van der Waals surface area (Å²) >= 11 is 1.86. The number of pyridine rings is 1. The molecule has 2 atom stereocenters. The third-order valence-corrected chi connectivity index (χ3v) is 4.71. The van der Waals surface area contributed by atoms with Crippen molar-refractivity contribution in [1.29, 1.82) is 0 Å². The maximum Gasteiger partial charge on any atom is 0.141 e. The maximum atomic E-state index is 6.44. The highest BCUT2D eigenvalue weighted by molar-refractivity contribution is 7.99. The summed E-state index contributed by atoms with van der Waals surface area (Å²) in [5, 5.41) is 0. The molecule has 2 heterocycles. The monoisotopic (exact) mass is 272 g/mol. The van der Waals surface area contributed by atoms with Crippen LogP contribution >= 0.6 is 11.8 Å². The molecule has 2 aromatic rings. The van der Waals surface area contributed by atoms with Crippen LogP contribution in [0, 0.1) is 0 Å². The number of fused-ring (bicyclic) bond motifs is 1. The third kappa shape index (κ3) is 2.22. The summed E-state index contributed by atoms with van der Waals surface area (Å²) in [5.74, 6) is 2.06. The zero-order chi connectivity index (χ0) is 13.2. The van der Waals surface area contributed by atoms with Gasteiger partial charge in [0, 0.05) is 22.8 Å². The zero-order valence-corrected chi connectivity index (χ0v) is 11.6. The Bertz CT molecular complexity index is 588. The first-order valence-electron chi connectivity index (χ1n) is 6.27. The fourth-order valence-electron chi connectivity index (χ4n) is 2.50. The Hall–Kier alpha value is -1.52. The minimum Gasteiger partial charge on any atom is -0.495 e. The molecule has 98 valence electrons. The third-order valence-electron chi connectivity index (χ3n) is 3.51. The quantitative estimate of drug-likeness (QED) is 0.933. The van der Waals surface area contributed by atoms with E-state index in [-0.39, 0.29) is 6.04 Å². The van der Waals surface area contributed by atoms with Crippen molar-refractivity contribution in [2.24, 2.45) is 5.73 Å². The Morgan fingerprint density at radius 3 is 3.00 bits per heavy atom. The average Bonchev–Trinajstić information content (AvgIpc) is 2.90. The predicted molar refractivity (Wildman–Crippen MR) is 77.6 cm³/mol. The molecule has 0 aliphatic carbocycles. The number of hydrogen-bond acceptors (Lipinski definition) is 4. The first-order chi connectivity index (χ1) is 9.31. The van der Waals surface area contributed by atoms with Crippen LogP contribution in [0.15, 0.2) is 47.5 Å². The standard InChI is InChI=1S/C15H16N2OS/c1-18-12-6-4-8-17-15(12)14(16)11-9-19-13-7-3-2-5-10(11)13/h2-8,11,14H,9,16H2,1H3. The molecule has 19 heavy (non-hydrogen) atoms. The molecule has 0 radical (unpaired) electrons. The molecule has 0 spiro atoms. The van der Waals surface area contributed by atoms with Crippen LogP contribution < -0.4 is 10.5 Å². The summed E-state index contributed by atoms with van der Waals surface area (Å²) < 4.78 is 5.36. The van der Waals surface area contributed by atoms with Gasteiger partial charge in [-0.15, -0.1) is 11.8 Å². The molecule has 1 aliphatic rings. The van der Waals surface area contributed by atoms with E-state index in [0.717, 1.165) is 17.2 Å². The van der Waals surface area contributed by atoms with E-state index in [0.29, 0.717) is 5.92 Å². The van der Waals surface area contributed by atoms with Gasteiger partial charge in [-0.3, -0.25) is 4.98 Å². The normalized spacial score (nSPS) is 18.9.